The molecule has 0 atom stereocenters. The predicted molar refractivity (Wildman–Crippen MR) is 66.8 cm³/mol. The summed E-state index contributed by atoms with van der Waals surface area (Å²) in [6.07, 6.45) is 0. The minimum absolute atomic E-state index is 0.0947. The molecule has 0 unspecified atom stereocenters. The molecule has 0 aliphatic carbocycles. The third-order valence-electron chi connectivity index (χ3n) is 2.39. The highest BCUT2D eigenvalue weighted by atomic mass is 16.3. The molecule has 16 heavy (non-hydrogen) atoms. The third-order valence-corrected chi connectivity index (χ3v) is 2.39. The molecule has 0 aromatic heterocycles. The lowest BCUT2D eigenvalue weighted by Crippen LogP contribution is -1.93. The molecule has 0 bridgehead atoms. The van der Waals surface area contributed by atoms with E-state index in [2.05, 4.69) is 0 Å². The first-order valence-electron chi connectivity index (χ1n) is 4.82. The molecule has 4 heteroatoms. The quantitative estimate of drug-likeness (QED) is 0.545. The van der Waals surface area contributed by atoms with Gasteiger partial charge in [0.25, 0.3) is 0 Å². The van der Waals surface area contributed by atoms with Gasteiger partial charge >= 0.3 is 0 Å². The van der Waals surface area contributed by atoms with Crippen LogP contribution in [0.1, 0.15) is 0 Å². The van der Waals surface area contributed by atoms with Gasteiger partial charge in [0.2, 0.25) is 0 Å². The lowest BCUT2D eigenvalue weighted by atomic mass is 10.0. The molecule has 2 aromatic carbocycles. The molecule has 0 spiro atoms. The summed E-state index contributed by atoms with van der Waals surface area (Å²) in [5.41, 5.74) is 20.1. The van der Waals surface area contributed by atoms with Crippen molar-refractivity contribution < 1.29 is 5.11 Å². The van der Waals surface area contributed by atoms with Gasteiger partial charge < -0.3 is 22.3 Å². The number of benzene rings is 2. The minimum atomic E-state index is 0.0947. The first kappa shape index (κ1) is 10.2. The van der Waals surface area contributed by atoms with Crippen molar-refractivity contribution in [3.63, 3.8) is 0 Å². The van der Waals surface area contributed by atoms with Crippen molar-refractivity contribution >= 4 is 17.1 Å². The lowest BCUT2D eigenvalue weighted by molar-refractivity contribution is 0.477. The molecule has 0 aliphatic heterocycles. The Hall–Kier alpha value is -2.36. The summed E-state index contributed by atoms with van der Waals surface area (Å²) in [7, 11) is 0. The molecule has 2 rings (SSSR count). The highest BCUT2D eigenvalue weighted by molar-refractivity contribution is 5.83. The Morgan fingerprint density at radius 1 is 0.750 bits per heavy atom. The average molecular weight is 215 g/mol. The van der Waals surface area contributed by atoms with Crippen LogP contribution in [0.2, 0.25) is 0 Å². The maximum Gasteiger partial charge on any atom is 0.125 e. The second-order valence-corrected chi connectivity index (χ2v) is 3.62. The van der Waals surface area contributed by atoms with Crippen molar-refractivity contribution in [2.45, 2.75) is 0 Å². The highest BCUT2D eigenvalue weighted by Gasteiger charge is 2.08. The van der Waals surface area contributed by atoms with Crippen molar-refractivity contribution in [2.75, 3.05) is 17.2 Å². The van der Waals surface area contributed by atoms with Crippen LogP contribution in [0, 0.1) is 0 Å². The molecule has 0 amide bonds. The van der Waals surface area contributed by atoms with Gasteiger partial charge in [0.1, 0.15) is 5.75 Å². The molecule has 2 aromatic rings. The van der Waals surface area contributed by atoms with E-state index in [0.29, 0.717) is 28.2 Å². The first-order chi connectivity index (χ1) is 7.58. The van der Waals surface area contributed by atoms with Crippen molar-refractivity contribution in [1.82, 2.24) is 0 Å². The number of rotatable bonds is 1. The maximum atomic E-state index is 9.78. The number of phenols is 1. The first-order valence-corrected chi connectivity index (χ1v) is 4.82. The topological polar surface area (TPSA) is 98.3 Å². The molecule has 0 fully saturated rings. The predicted octanol–water partition coefficient (Wildman–Crippen LogP) is 1.81. The standard InChI is InChI=1S/C12H13N3O/c13-7-2-4-11(15)10(5-7)9-3-1-8(14)6-12(9)16/h1-6,16H,13-15H2. The van der Waals surface area contributed by atoms with Crippen LogP contribution < -0.4 is 17.2 Å². The normalized spacial score (nSPS) is 10.2. The van der Waals surface area contributed by atoms with Gasteiger partial charge in [-0.15, -0.1) is 0 Å². The molecule has 7 N–H and O–H groups in total. The number of aromatic hydroxyl groups is 1. The number of nitrogen functional groups attached to an aromatic ring is 3. The van der Waals surface area contributed by atoms with Crippen molar-refractivity contribution in [1.29, 1.82) is 0 Å². The van der Waals surface area contributed by atoms with Crippen molar-refractivity contribution in [3.05, 3.63) is 36.4 Å². The van der Waals surface area contributed by atoms with Crippen LogP contribution in [0.25, 0.3) is 11.1 Å². The molecule has 0 saturated carbocycles. The molecular weight excluding hydrogens is 202 g/mol. The van der Waals surface area contributed by atoms with Crippen molar-refractivity contribution in [2.24, 2.45) is 0 Å². The monoisotopic (exact) mass is 215 g/mol. The fourth-order valence-corrected chi connectivity index (χ4v) is 1.58. The fourth-order valence-electron chi connectivity index (χ4n) is 1.58. The number of hydrogen-bond donors (Lipinski definition) is 4. The van der Waals surface area contributed by atoms with Crippen LogP contribution in [-0.4, -0.2) is 5.11 Å². The lowest BCUT2D eigenvalue weighted by Gasteiger charge is -2.09. The average Bonchev–Trinajstić information content (AvgIpc) is 2.22. The third kappa shape index (κ3) is 1.72. The van der Waals surface area contributed by atoms with E-state index < -0.39 is 0 Å². The van der Waals surface area contributed by atoms with Crippen LogP contribution in [0.15, 0.2) is 36.4 Å². The van der Waals surface area contributed by atoms with E-state index in [1.165, 1.54) is 6.07 Å². The van der Waals surface area contributed by atoms with E-state index in [1.807, 2.05) is 0 Å². The van der Waals surface area contributed by atoms with Crippen molar-refractivity contribution in [3.8, 4) is 16.9 Å². The Kier molecular flexibility index (Phi) is 2.32. The molecule has 0 radical (unpaired) electrons. The second kappa shape index (κ2) is 3.66. The Labute approximate surface area is 93.3 Å². The molecular formula is C12H13N3O. The summed E-state index contributed by atoms with van der Waals surface area (Å²) in [5.74, 6) is 0.0947. The van der Waals surface area contributed by atoms with Crippen LogP contribution in [0.4, 0.5) is 17.1 Å². The minimum Gasteiger partial charge on any atom is -0.507 e. The highest BCUT2D eigenvalue weighted by Crippen LogP contribution is 2.35. The summed E-state index contributed by atoms with van der Waals surface area (Å²) >= 11 is 0. The van der Waals surface area contributed by atoms with E-state index in [0.717, 1.165) is 0 Å². The summed E-state index contributed by atoms with van der Waals surface area (Å²) < 4.78 is 0. The number of anilines is 3. The largest absolute Gasteiger partial charge is 0.507 e. The van der Waals surface area contributed by atoms with Gasteiger partial charge in [-0.2, -0.15) is 0 Å². The van der Waals surface area contributed by atoms with Gasteiger partial charge in [-0.05, 0) is 30.3 Å². The Morgan fingerprint density at radius 3 is 2.06 bits per heavy atom. The van der Waals surface area contributed by atoms with E-state index in [9.17, 15) is 5.11 Å². The zero-order valence-corrected chi connectivity index (χ0v) is 8.64. The summed E-state index contributed by atoms with van der Waals surface area (Å²) in [6, 6.07) is 10.1. The van der Waals surface area contributed by atoms with Crippen LogP contribution in [-0.2, 0) is 0 Å². The molecule has 4 nitrogen and oxygen atoms in total. The smallest absolute Gasteiger partial charge is 0.125 e. The number of phenolic OH excluding ortho intramolecular Hbond substituents is 1. The summed E-state index contributed by atoms with van der Waals surface area (Å²) in [4.78, 5) is 0. The van der Waals surface area contributed by atoms with E-state index in [1.54, 1.807) is 30.3 Å². The Balaban J connectivity index is 2.62. The van der Waals surface area contributed by atoms with Gasteiger partial charge in [0.05, 0.1) is 0 Å². The van der Waals surface area contributed by atoms with Crippen LogP contribution in [0.5, 0.6) is 5.75 Å². The van der Waals surface area contributed by atoms with E-state index in [-0.39, 0.29) is 5.75 Å². The van der Waals surface area contributed by atoms with Gasteiger partial charge in [0, 0.05) is 34.3 Å². The Bertz CT molecular complexity index is 538. The number of nitrogens with two attached hydrogens (primary N) is 3. The zero-order valence-electron chi connectivity index (χ0n) is 8.64. The summed E-state index contributed by atoms with van der Waals surface area (Å²) in [5, 5.41) is 9.78. The fraction of sp³-hybridized carbons (Fsp3) is 0. The zero-order chi connectivity index (χ0) is 11.7. The second-order valence-electron chi connectivity index (χ2n) is 3.62. The summed E-state index contributed by atoms with van der Waals surface area (Å²) in [6.45, 7) is 0. The van der Waals surface area contributed by atoms with Crippen LogP contribution >= 0.6 is 0 Å². The van der Waals surface area contributed by atoms with Gasteiger partial charge in [-0.1, -0.05) is 0 Å². The molecule has 0 aliphatic rings. The van der Waals surface area contributed by atoms with Gasteiger partial charge in [-0.3, -0.25) is 0 Å². The van der Waals surface area contributed by atoms with Crippen LogP contribution in [0.3, 0.4) is 0 Å². The van der Waals surface area contributed by atoms with Gasteiger partial charge in [-0.25, -0.2) is 0 Å². The Morgan fingerprint density at radius 2 is 1.38 bits per heavy atom. The SMILES string of the molecule is Nc1ccc(-c2cc(N)ccc2N)c(O)c1. The van der Waals surface area contributed by atoms with Gasteiger partial charge in [0.15, 0.2) is 0 Å². The molecule has 82 valence electrons. The van der Waals surface area contributed by atoms with E-state index >= 15 is 0 Å². The van der Waals surface area contributed by atoms with E-state index in [4.69, 9.17) is 17.2 Å². The maximum absolute atomic E-state index is 9.78. The molecule has 0 heterocycles. The molecule has 0 saturated heterocycles. The number of hydrogen-bond acceptors (Lipinski definition) is 4.